The molecule has 1 aliphatic heterocycles. The van der Waals surface area contributed by atoms with Gasteiger partial charge in [0.05, 0.1) is 13.1 Å². The summed E-state index contributed by atoms with van der Waals surface area (Å²) in [6.45, 7) is 11.3. The summed E-state index contributed by atoms with van der Waals surface area (Å²) < 4.78 is 0. The second-order valence-corrected chi connectivity index (χ2v) is 8.56. The second-order valence-electron chi connectivity index (χ2n) is 8.56. The molecular formula is C21H33N3O4. The van der Waals surface area contributed by atoms with Gasteiger partial charge in [-0.15, -0.1) is 0 Å². The van der Waals surface area contributed by atoms with Gasteiger partial charge in [-0.3, -0.25) is 24.3 Å². The fraction of sp³-hybridized carbons (Fsp3) is 0.619. The topological polar surface area (TPSA) is 84.3 Å². The normalized spacial score (nSPS) is 18.2. The SMILES string of the molecule is CC(C)(C)c1ccc(CN2CCN(CC(=O)O)CCN(CC(=O)O)CC2)cc1. The van der Waals surface area contributed by atoms with E-state index in [-0.39, 0.29) is 18.5 Å². The Hall–Kier alpha value is -1.96. The van der Waals surface area contributed by atoms with E-state index in [9.17, 15) is 9.59 Å². The summed E-state index contributed by atoms with van der Waals surface area (Å²) in [4.78, 5) is 28.3. The largest absolute Gasteiger partial charge is 0.480 e. The number of benzene rings is 1. The number of carbonyl (C=O) groups is 2. The van der Waals surface area contributed by atoms with Crippen molar-refractivity contribution in [3.05, 3.63) is 35.4 Å². The first-order valence-electron chi connectivity index (χ1n) is 9.83. The Morgan fingerprint density at radius 2 is 1.18 bits per heavy atom. The minimum Gasteiger partial charge on any atom is -0.480 e. The van der Waals surface area contributed by atoms with Crippen molar-refractivity contribution < 1.29 is 19.8 Å². The molecule has 1 aliphatic rings. The lowest BCUT2D eigenvalue weighted by Gasteiger charge is -2.25. The van der Waals surface area contributed by atoms with Crippen molar-refractivity contribution in [2.24, 2.45) is 0 Å². The Labute approximate surface area is 167 Å². The van der Waals surface area contributed by atoms with Crippen LogP contribution < -0.4 is 0 Å². The molecule has 0 bridgehead atoms. The lowest BCUT2D eigenvalue weighted by molar-refractivity contribution is -0.140. The first-order valence-corrected chi connectivity index (χ1v) is 9.83. The zero-order chi connectivity index (χ0) is 20.7. The van der Waals surface area contributed by atoms with Gasteiger partial charge in [0.1, 0.15) is 0 Å². The molecule has 0 unspecified atom stereocenters. The highest BCUT2D eigenvalue weighted by Crippen LogP contribution is 2.22. The maximum atomic E-state index is 11.1. The number of carboxylic acid groups (broad SMARTS) is 2. The van der Waals surface area contributed by atoms with Gasteiger partial charge in [-0.05, 0) is 16.5 Å². The highest BCUT2D eigenvalue weighted by Gasteiger charge is 2.20. The molecule has 0 radical (unpaired) electrons. The van der Waals surface area contributed by atoms with E-state index in [4.69, 9.17) is 10.2 Å². The van der Waals surface area contributed by atoms with Gasteiger partial charge in [-0.25, -0.2) is 0 Å². The van der Waals surface area contributed by atoms with Gasteiger partial charge in [0.15, 0.2) is 0 Å². The Kier molecular flexibility index (Phi) is 7.98. The zero-order valence-corrected chi connectivity index (χ0v) is 17.2. The molecule has 2 rings (SSSR count). The molecule has 1 aromatic rings. The van der Waals surface area contributed by atoms with Crippen molar-refractivity contribution in [1.29, 1.82) is 0 Å². The van der Waals surface area contributed by atoms with E-state index in [1.165, 1.54) is 11.1 Å². The minimum absolute atomic E-state index is 0.0188. The van der Waals surface area contributed by atoms with Gasteiger partial charge < -0.3 is 10.2 Å². The molecule has 1 heterocycles. The van der Waals surface area contributed by atoms with E-state index >= 15 is 0 Å². The molecule has 156 valence electrons. The zero-order valence-electron chi connectivity index (χ0n) is 17.2. The van der Waals surface area contributed by atoms with Crippen molar-refractivity contribution in [3.63, 3.8) is 0 Å². The summed E-state index contributed by atoms with van der Waals surface area (Å²) in [7, 11) is 0. The maximum Gasteiger partial charge on any atom is 0.317 e. The third kappa shape index (κ3) is 7.58. The monoisotopic (exact) mass is 391 g/mol. The van der Waals surface area contributed by atoms with Gasteiger partial charge in [0, 0.05) is 45.8 Å². The van der Waals surface area contributed by atoms with E-state index in [2.05, 4.69) is 49.9 Å². The lowest BCUT2D eigenvalue weighted by atomic mass is 9.87. The average Bonchev–Trinajstić information content (AvgIpc) is 2.67. The molecule has 0 spiro atoms. The number of aliphatic carboxylic acids is 2. The van der Waals surface area contributed by atoms with Crippen molar-refractivity contribution in [2.75, 3.05) is 52.4 Å². The van der Waals surface area contributed by atoms with E-state index in [0.717, 1.165) is 19.6 Å². The molecule has 0 amide bonds. The average molecular weight is 392 g/mol. The van der Waals surface area contributed by atoms with Crippen LogP contribution in [0.3, 0.4) is 0 Å². The number of carboxylic acids is 2. The highest BCUT2D eigenvalue weighted by molar-refractivity contribution is 5.69. The molecule has 0 aliphatic carbocycles. The van der Waals surface area contributed by atoms with E-state index in [1.807, 2.05) is 9.80 Å². The first kappa shape index (κ1) is 22.3. The Morgan fingerprint density at radius 1 is 0.786 bits per heavy atom. The predicted octanol–water partition coefficient (Wildman–Crippen LogP) is 1.57. The van der Waals surface area contributed by atoms with Crippen LogP contribution >= 0.6 is 0 Å². The van der Waals surface area contributed by atoms with Crippen molar-refractivity contribution in [1.82, 2.24) is 14.7 Å². The predicted molar refractivity (Wildman–Crippen MR) is 109 cm³/mol. The van der Waals surface area contributed by atoms with Gasteiger partial charge in [0.25, 0.3) is 0 Å². The summed E-state index contributed by atoms with van der Waals surface area (Å²) in [5.74, 6) is -1.71. The molecule has 7 heteroatoms. The van der Waals surface area contributed by atoms with Crippen LogP contribution in [0.5, 0.6) is 0 Å². The molecule has 1 saturated heterocycles. The van der Waals surface area contributed by atoms with Gasteiger partial charge in [0.2, 0.25) is 0 Å². The van der Waals surface area contributed by atoms with Crippen LogP contribution in [-0.4, -0.2) is 89.2 Å². The molecule has 1 fully saturated rings. The second kappa shape index (κ2) is 10.0. The van der Waals surface area contributed by atoms with Crippen molar-refractivity contribution in [3.8, 4) is 0 Å². The molecule has 0 saturated carbocycles. The third-order valence-corrected chi connectivity index (χ3v) is 5.14. The van der Waals surface area contributed by atoms with Crippen LogP contribution in [0.4, 0.5) is 0 Å². The fourth-order valence-corrected chi connectivity index (χ4v) is 3.41. The summed E-state index contributed by atoms with van der Waals surface area (Å²) in [6, 6.07) is 8.63. The van der Waals surface area contributed by atoms with Crippen LogP contribution in [0, 0.1) is 0 Å². The Morgan fingerprint density at radius 3 is 1.54 bits per heavy atom. The van der Waals surface area contributed by atoms with E-state index in [1.54, 1.807) is 0 Å². The van der Waals surface area contributed by atoms with Crippen LogP contribution in [0.2, 0.25) is 0 Å². The van der Waals surface area contributed by atoms with Crippen molar-refractivity contribution >= 4 is 11.9 Å². The molecule has 28 heavy (non-hydrogen) atoms. The quantitative estimate of drug-likeness (QED) is 0.761. The highest BCUT2D eigenvalue weighted by atomic mass is 16.4. The van der Waals surface area contributed by atoms with Gasteiger partial charge in [-0.2, -0.15) is 0 Å². The van der Waals surface area contributed by atoms with Crippen molar-refractivity contribution in [2.45, 2.75) is 32.7 Å². The van der Waals surface area contributed by atoms with Gasteiger partial charge in [-0.1, -0.05) is 45.0 Å². The number of nitrogens with zero attached hydrogens (tertiary/aromatic N) is 3. The van der Waals surface area contributed by atoms with E-state index < -0.39 is 11.9 Å². The minimum atomic E-state index is -0.853. The number of rotatable bonds is 6. The maximum absolute atomic E-state index is 11.1. The lowest BCUT2D eigenvalue weighted by Crippen LogP contribution is -2.40. The molecule has 2 N–H and O–H groups in total. The van der Waals surface area contributed by atoms with E-state index in [0.29, 0.717) is 26.2 Å². The molecule has 7 nitrogen and oxygen atoms in total. The summed E-state index contributed by atoms with van der Waals surface area (Å²) in [5, 5.41) is 18.3. The van der Waals surface area contributed by atoms with Crippen LogP contribution in [0.1, 0.15) is 31.9 Å². The number of hydrogen-bond acceptors (Lipinski definition) is 5. The third-order valence-electron chi connectivity index (χ3n) is 5.14. The van der Waals surface area contributed by atoms with Crippen LogP contribution in [0.25, 0.3) is 0 Å². The van der Waals surface area contributed by atoms with Crippen LogP contribution in [-0.2, 0) is 21.5 Å². The summed E-state index contributed by atoms with van der Waals surface area (Å²) >= 11 is 0. The summed E-state index contributed by atoms with van der Waals surface area (Å²) in [6.07, 6.45) is 0. The Balaban J connectivity index is 2.06. The molecular weight excluding hydrogens is 358 g/mol. The van der Waals surface area contributed by atoms with Crippen LogP contribution in [0.15, 0.2) is 24.3 Å². The first-order chi connectivity index (χ1) is 13.1. The standard InChI is InChI=1S/C21H33N3O4/c1-21(2,3)18-6-4-17(5-7-18)14-22-8-10-23(15-19(25)26)12-13-24(11-9-22)16-20(27)28/h4-7H,8-16H2,1-3H3,(H,25,26)(H,27,28). The van der Waals surface area contributed by atoms with Gasteiger partial charge >= 0.3 is 11.9 Å². The molecule has 0 atom stereocenters. The Bertz CT molecular complexity index is 627. The number of hydrogen-bond donors (Lipinski definition) is 2. The molecule has 0 aromatic heterocycles. The molecule has 1 aromatic carbocycles. The smallest absolute Gasteiger partial charge is 0.317 e. The fourth-order valence-electron chi connectivity index (χ4n) is 3.41. The summed E-state index contributed by atoms with van der Waals surface area (Å²) in [5.41, 5.74) is 2.62.